The Morgan fingerprint density at radius 1 is 1.67 bits per heavy atom. The highest BCUT2D eigenvalue weighted by atomic mass is 79.9. The standard InChI is InChI=1S/C9H12BrN3OS/c10-4-5-13(7-2-1-3-7)9(14)8-6-11-12-15-8/h6-7H,1-5H2. The number of halogens is 1. The zero-order valence-corrected chi connectivity index (χ0v) is 10.6. The van der Waals surface area contributed by atoms with Gasteiger partial charge in [-0.15, -0.1) is 5.10 Å². The molecule has 0 N–H and O–H groups in total. The van der Waals surface area contributed by atoms with E-state index in [0.29, 0.717) is 10.9 Å². The SMILES string of the molecule is O=C(c1cnns1)N(CCBr)C1CCC1. The van der Waals surface area contributed by atoms with Gasteiger partial charge in [0.15, 0.2) is 0 Å². The van der Waals surface area contributed by atoms with Gasteiger partial charge in [0, 0.05) is 17.9 Å². The minimum atomic E-state index is 0.0779. The Bertz CT molecular complexity index is 326. The largest absolute Gasteiger partial charge is 0.334 e. The second kappa shape index (κ2) is 5.03. The quantitative estimate of drug-likeness (QED) is 0.796. The summed E-state index contributed by atoms with van der Waals surface area (Å²) in [5.41, 5.74) is 0. The van der Waals surface area contributed by atoms with E-state index in [-0.39, 0.29) is 5.91 Å². The first kappa shape index (κ1) is 11.0. The van der Waals surface area contributed by atoms with Crippen LogP contribution in [0.3, 0.4) is 0 Å². The second-order valence-electron chi connectivity index (χ2n) is 3.55. The van der Waals surface area contributed by atoms with Gasteiger partial charge in [0.05, 0.1) is 6.20 Å². The lowest BCUT2D eigenvalue weighted by Gasteiger charge is -2.36. The molecule has 0 aromatic carbocycles. The summed E-state index contributed by atoms with van der Waals surface area (Å²) in [6, 6.07) is 0.428. The Morgan fingerprint density at radius 2 is 2.47 bits per heavy atom. The predicted octanol–water partition coefficient (Wildman–Crippen LogP) is 1.93. The van der Waals surface area contributed by atoms with Crippen LogP contribution in [0.15, 0.2) is 6.20 Å². The van der Waals surface area contributed by atoms with Crippen LogP contribution >= 0.6 is 27.5 Å². The molecule has 82 valence electrons. The minimum absolute atomic E-state index is 0.0779. The van der Waals surface area contributed by atoms with E-state index in [4.69, 9.17) is 0 Å². The number of nitrogens with zero attached hydrogens (tertiary/aromatic N) is 3. The Kier molecular flexibility index (Phi) is 3.69. The number of rotatable bonds is 4. The van der Waals surface area contributed by atoms with Crippen LogP contribution in [0.4, 0.5) is 0 Å². The third-order valence-corrected chi connectivity index (χ3v) is 3.68. The normalized spacial score (nSPS) is 16.1. The van der Waals surface area contributed by atoms with E-state index in [0.717, 1.165) is 24.7 Å². The lowest BCUT2D eigenvalue weighted by Crippen LogP contribution is -2.44. The van der Waals surface area contributed by atoms with E-state index in [1.54, 1.807) is 6.20 Å². The maximum absolute atomic E-state index is 12.1. The van der Waals surface area contributed by atoms with E-state index < -0.39 is 0 Å². The van der Waals surface area contributed by atoms with Gasteiger partial charge in [0.2, 0.25) is 0 Å². The van der Waals surface area contributed by atoms with E-state index in [1.165, 1.54) is 18.0 Å². The van der Waals surface area contributed by atoms with E-state index >= 15 is 0 Å². The third-order valence-electron chi connectivity index (χ3n) is 2.67. The average Bonchev–Trinajstić information content (AvgIpc) is 2.66. The predicted molar refractivity (Wildman–Crippen MR) is 62.4 cm³/mol. The molecule has 0 unspecified atom stereocenters. The molecule has 4 nitrogen and oxygen atoms in total. The van der Waals surface area contributed by atoms with Crippen molar-refractivity contribution in [3.05, 3.63) is 11.1 Å². The van der Waals surface area contributed by atoms with E-state index in [1.807, 2.05) is 4.90 Å². The van der Waals surface area contributed by atoms with Crippen LogP contribution in [0.5, 0.6) is 0 Å². The fourth-order valence-electron chi connectivity index (χ4n) is 1.64. The van der Waals surface area contributed by atoms with Crippen molar-refractivity contribution >= 4 is 33.4 Å². The van der Waals surface area contributed by atoms with Gasteiger partial charge in [-0.1, -0.05) is 20.4 Å². The monoisotopic (exact) mass is 289 g/mol. The van der Waals surface area contributed by atoms with Crippen molar-refractivity contribution in [2.24, 2.45) is 0 Å². The summed E-state index contributed by atoms with van der Waals surface area (Å²) < 4.78 is 3.72. The number of hydrogen-bond acceptors (Lipinski definition) is 4. The molecule has 0 spiro atoms. The molecule has 1 amide bonds. The van der Waals surface area contributed by atoms with Crippen molar-refractivity contribution in [3.63, 3.8) is 0 Å². The van der Waals surface area contributed by atoms with Gasteiger partial charge < -0.3 is 4.90 Å². The van der Waals surface area contributed by atoms with E-state index in [9.17, 15) is 4.79 Å². The number of alkyl halides is 1. The molecule has 1 heterocycles. The Labute approximate surface area is 101 Å². The van der Waals surface area contributed by atoms with Gasteiger partial charge in [0.1, 0.15) is 4.88 Å². The van der Waals surface area contributed by atoms with Crippen molar-refractivity contribution < 1.29 is 4.79 Å². The Hall–Kier alpha value is -0.490. The minimum Gasteiger partial charge on any atom is -0.334 e. The van der Waals surface area contributed by atoms with Gasteiger partial charge in [-0.05, 0) is 30.8 Å². The van der Waals surface area contributed by atoms with Crippen molar-refractivity contribution in [2.75, 3.05) is 11.9 Å². The first-order valence-electron chi connectivity index (χ1n) is 4.97. The maximum Gasteiger partial charge on any atom is 0.267 e. The Balaban J connectivity index is 2.06. The van der Waals surface area contributed by atoms with Gasteiger partial charge >= 0.3 is 0 Å². The molecule has 1 aromatic heterocycles. The maximum atomic E-state index is 12.1. The van der Waals surface area contributed by atoms with Crippen molar-refractivity contribution in [2.45, 2.75) is 25.3 Å². The summed E-state index contributed by atoms with van der Waals surface area (Å²) in [6.07, 6.45) is 5.04. The molecular formula is C9H12BrN3OS. The zero-order valence-electron chi connectivity index (χ0n) is 8.23. The number of hydrogen-bond donors (Lipinski definition) is 0. The summed E-state index contributed by atoms with van der Waals surface area (Å²) in [4.78, 5) is 14.6. The third kappa shape index (κ3) is 2.36. The lowest BCUT2D eigenvalue weighted by atomic mass is 9.91. The molecular weight excluding hydrogens is 278 g/mol. The highest BCUT2D eigenvalue weighted by Crippen LogP contribution is 2.26. The molecule has 0 radical (unpaired) electrons. The van der Waals surface area contributed by atoms with Gasteiger partial charge in [0.25, 0.3) is 5.91 Å². The van der Waals surface area contributed by atoms with Crippen LogP contribution in [-0.4, -0.2) is 38.3 Å². The fourth-order valence-corrected chi connectivity index (χ4v) is 2.50. The smallest absolute Gasteiger partial charge is 0.267 e. The molecule has 1 saturated carbocycles. The van der Waals surface area contributed by atoms with Crippen LogP contribution in [-0.2, 0) is 0 Å². The summed E-state index contributed by atoms with van der Waals surface area (Å²) in [7, 11) is 0. The number of aromatic nitrogens is 2. The van der Waals surface area contributed by atoms with Gasteiger partial charge in [-0.3, -0.25) is 4.79 Å². The summed E-state index contributed by atoms with van der Waals surface area (Å²) >= 11 is 4.55. The van der Waals surface area contributed by atoms with E-state index in [2.05, 4.69) is 25.5 Å². The average molecular weight is 290 g/mol. The molecule has 0 bridgehead atoms. The van der Waals surface area contributed by atoms with Crippen molar-refractivity contribution in [1.29, 1.82) is 0 Å². The molecule has 1 fully saturated rings. The molecule has 1 aliphatic rings. The number of carbonyl (C=O) groups is 1. The van der Waals surface area contributed by atoms with Crippen LogP contribution in [0, 0.1) is 0 Å². The second-order valence-corrected chi connectivity index (χ2v) is 5.13. The van der Waals surface area contributed by atoms with Crippen LogP contribution in [0.2, 0.25) is 0 Å². The van der Waals surface area contributed by atoms with Crippen LogP contribution < -0.4 is 0 Å². The lowest BCUT2D eigenvalue weighted by molar-refractivity contribution is 0.0604. The number of amides is 1. The summed E-state index contributed by atoms with van der Waals surface area (Å²) in [5.74, 6) is 0.0779. The summed E-state index contributed by atoms with van der Waals surface area (Å²) in [6.45, 7) is 0.765. The molecule has 1 aromatic rings. The topological polar surface area (TPSA) is 46.1 Å². The molecule has 2 rings (SSSR count). The zero-order chi connectivity index (χ0) is 10.7. The highest BCUT2D eigenvalue weighted by Gasteiger charge is 2.29. The van der Waals surface area contributed by atoms with Gasteiger partial charge in [-0.25, -0.2) is 0 Å². The molecule has 1 aliphatic carbocycles. The van der Waals surface area contributed by atoms with Crippen LogP contribution in [0.25, 0.3) is 0 Å². The molecule has 0 atom stereocenters. The molecule has 6 heteroatoms. The first-order chi connectivity index (χ1) is 7.33. The summed E-state index contributed by atoms with van der Waals surface area (Å²) in [5, 5.41) is 4.52. The molecule has 0 saturated heterocycles. The Morgan fingerprint density at radius 3 is 2.93 bits per heavy atom. The van der Waals surface area contributed by atoms with Crippen molar-refractivity contribution in [3.8, 4) is 0 Å². The van der Waals surface area contributed by atoms with Crippen LogP contribution in [0.1, 0.15) is 28.9 Å². The first-order valence-corrected chi connectivity index (χ1v) is 6.86. The van der Waals surface area contributed by atoms with Gasteiger partial charge in [-0.2, -0.15) is 0 Å². The van der Waals surface area contributed by atoms with Crippen molar-refractivity contribution in [1.82, 2.24) is 14.5 Å². The molecule has 0 aliphatic heterocycles. The highest BCUT2D eigenvalue weighted by molar-refractivity contribution is 9.09. The fraction of sp³-hybridized carbons (Fsp3) is 0.667. The number of carbonyl (C=O) groups excluding carboxylic acids is 1. The molecule has 15 heavy (non-hydrogen) atoms.